The molecule has 1 heterocycles. The molecule has 0 radical (unpaired) electrons. The monoisotopic (exact) mass is 294 g/mol. The van der Waals surface area contributed by atoms with E-state index in [1.165, 1.54) is 7.11 Å². The van der Waals surface area contributed by atoms with Gasteiger partial charge in [-0.2, -0.15) is 0 Å². The van der Waals surface area contributed by atoms with E-state index in [2.05, 4.69) is 12.6 Å². The van der Waals surface area contributed by atoms with Crippen LogP contribution < -0.4 is 0 Å². The Hall–Kier alpha value is -0.340. The maximum atomic E-state index is 11.8. The molecule has 0 unspecified atom stereocenters. The quantitative estimate of drug-likeness (QED) is 0.500. The number of methoxy groups -OCH3 is 1. The van der Waals surface area contributed by atoms with Gasteiger partial charge in [0.05, 0.1) is 12.0 Å². The van der Waals surface area contributed by atoms with Gasteiger partial charge in [-0.25, -0.2) is 0 Å². The van der Waals surface area contributed by atoms with Gasteiger partial charge in [0.2, 0.25) is 0 Å². The first-order valence-electron chi connectivity index (χ1n) is 6.08. The van der Waals surface area contributed by atoms with Crippen molar-refractivity contribution in [1.82, 2.24) is 0 Å². The van der Waals surface area contributed by atoms with Gasteiger partial charge < -0.3 is 24.4 Å². The van der Waals surface area contributed by atoms with Crippen LogP contribution in [0.25, 0.3) is 0 Å². The highest BCUT2D eigenvalue weighted by Gasteiger charge is 2.46. The van der Waals surface area contributed by atoms with Crippen LogP contribution in [0.15, 0.2) is 0 Å². The van der Waals surface area contributed by atoms with Crippen LogP contribution in [0.1, 0.15) is 20.8 Å². The third-order valence-corrected chi connectivity index (χ3v) is 3.26. The predicted octanol–water partition coefficient (Wildman–Crippen LogP) is -0.0328. The van der Waals surface area contributed by atoms with Crippen LogP contribution in [0.4, 0.5) is 0 Å². The van der Waals surface area contributed by atoms with Crippen molar-refractivity contribution in [2.75, 3.05) is 13.7 Å². The summed E-state index contributed by atoms with van der Waals surface area (Å²) in [4.78, 5) is 11.8. The van der Waals surface area contributed by atoms with E-state index in [9.17, 15) is 15.0 Å². The molecule has 19 heavy (non-hydrogen) atoms. The predicted molar refractivity (Wildman–Crippen MR) is 70.9 cm³/mol. The van der Waals surface area contributed by atoms with Gasteiger partial charge in [-0.15, -0.1) is 12.6 Å². The molecular weight excluding hydrogens is 272 g/mol. The summed E-state index contributed by atoms with van der Waals surface area (Å²) in [5.41, 5.74) is -1.52. The Labute approximate surface area is 118 Å². The topological polar surface area (TPSA) is 85.2 Å². The standard InChI is InChI=1S/C12H22O6S/c1-12(2,3)11(15)18-9-8(14)7(13)6(5-16-4)17-10(9)19/h6-10,13-14,19H,5H2,1-4H3/t6-,7+,8+,9-,10+/m1/s1. The minimum absolute atomic E-state index is 0.120. The minimum Gasteiger partial charge on any atom is -0.455 e. The maximum Gasteiger partial charge on any atom is 0.311 e. The van der Waals surface area contributed by atoms with E-state index in [1.807, 2.05) is 0 Å². The van der Waals surface area contributed by atoms with Gasteiger partial charge in [-0.05, 0) is 20.8 Å². The number of esters is 1. The second-order valence-electron chi connectivity index (χ2n) is 5.62. The van der Waals surface area contributed by atoms with E-state index < -0.39 is 41.2 Å². The summed E-state index contributed by atoms with van der Waals surface area (Å²) >= 11 is 4.15. The lowest BCUT2D eigenvalue weighted by molar-refractivity contribution is -0.223. The largest absolute Gasteiger partial charge is 0.455 e. The van der Waals surface area contributed by atoms with Gasteiger partial charge >= 0.3 is 5.97 Å². The highest BCUT2D eigenvalue weighted by Crippen LogP contribution is 2.28. The molecule has 0 amide bonds. The molecule has 6 nitrogen and oxygen atoms in total. The number of aliphatic hydroxyl groups is 2. The van der Waals surface area contributed by atoms with Crippen molar-refractivity contribution in [1.29, 1.82) is 0 Å². The van der Waals surface area contributed by atoms with Gasteiger partial charge in [0.15, 0.2) is 6.10 Å². The first kappa shape index (κ1) is 16.7. The summed E-state index contributed by atoms with van der Waals surface area (Å²) in [7, 11) is 1.46. The highest BCUT2D eigenvalue weighted by atomic mass is 32.1. The molecule has 0 saturated carbocycles. The van der Waals surface area contributed by atoms with E-state index >= 15 is 0 Å². The summed E-state index contributed by atoms with van der Waals surface area (Å²) in [6.07, 6.45) is -4.17. The zero-order valence-electron chi connectivity index (χ0n) is 11.6. The average Bonchev–Trinajstić information content (AvgIpc) is 2.30. The lowest BCUT2D eigenvalue weighted by Crippen LogP contribution is -2.58. The Morgan fingerprint density at radius 2 is 1.89 bits per heavy atom. The van der Waals surface area contributed by atoms with E-state index in [1.54, 1.807) is 20.8 Å². The fraction of sp³-hybridized carbons (Fsp3) is 0.917. The molecule has 0 aromatic heterocycles. The van der Waals surface area contributed by atoms with Crippen LogP contribution in [0.3, 0.4) is 0 Å². The molecule has 112 valence electrons. The van der Waals surface area contributed by atoms with Gasteiger partial charge in [-0.1, -0.05) is 0 Å². The van der Waals surface area contributed by atoms with Gasteiger partial charge in [0.25, 0.3) is 0 Å². The highest BCUT2D eigenvalue weighted by molar-refractivity contribution is 7.80. The summed E-state index contributed by atoms with van der Waals surface area (Å²) in [6.45, 7) is 5.21. The number of carbonyl (C=O) groups excluding carboxylic acids is 1. The molecule has 0 spiro atoms. The summed E-state index contributed by atoms with van der Waals surface area (Å²) in [6, 6.07) is 0. The lowest BCUT2D eigenvalue weighted by Gasteiger charge is -2.40. The molecule has 7 heteroatoms. The van der Waals surface area contributed by atoms with E-state index in [-0.39, 0.29) is 6.61 Å². The SMILES string of the molecule is COC[C@H]1O[C@@H](S)[C@H](OC(=O)C(C)(C)C)[C@@H](O)[C@H]1O. The van der Waals surface area contributed by atoms with E-state index in [0.717, 1.165) is 0 Å². The molecule has 0 aromatic carbocycles. The van der Waals surface area contributed by atoms with Crippen LogP contribution >= 0.6 is 12.6 Å². The Morgan fingerprint density at radius 3 is 2.37 bits per heavy atom. The van der Waals surface area contributed by atoms with Gasteiger partial charge in [-0.3, -0.25) is 4.79 Å². The molecule has 1 rings (SSSR count). The number of rotatable bonds is 3. The molecule has 1 aliphatic rings. The third-order valence-electron chi connectivity index (χ3n) is 2.85. The Morgan fingerprint density at radius 1 is 1.32 bits per heavy atom. The Balaban J connectivity index is 2.73. The summed E-state index contributed by atoms with van der Waals surface area (Å²) < 4.78 is 15.5. The molecule has 1 fully saturated rings. The fourth-order valence-corrected chi connectivity index (χ4v) is 2.04. The first-order valence-corrected chi connectivity index (χ1v) is 6.59. The summed E-state index contributed by atoms with van der Waals surface area (Å²) in [5, 5.41) is 19.9. The van der Waals surface area contributed by atoms with Crippen molar-refractivity contribution in [3.63, 3.8) is 0 Å². The maximum absolute atomic E-state index is 11.8. The van der Waals surface area contributed by atoms with Crippen molar-refractivity contribution >= 4 is 18.6 Å². The molecule has 0 aliphatic carbocycles. The fourth-order valence-electron chi connectivity index (χ4n) is 1.65. The number of thiol groups is 1. The molecule has 0 aromatic rings. The van der Waals surface area contributed by atoms with E-state index in [0.29, 0.717) is 0 Å². The van der Waals surface area contributed by atoms with E-state index in [4.69, 9.17) is 14.2 Å². The van der Waals surface area contributed by atoms with Crippen LogP contribution in [0, 0.1) is 5.41 Å². The zero-order chi connectivity index (χ0) is 14.8. The number of aliphatic hydroxyl groups excluding tert-OH is 2. The second kappa shape index (κ2) is 6.41. The minimum atomic E-state index is -1.26. The molecule has 1 saturated heterocycles. The number of hydrogen-bond donors (Lipinski definition) is 3. The third kappa shape index (κ3) is 4.06. The molecule has 1 aliphatic heterocycles. The van der Waals surface area contributed by atoms with Crippen LogP contribution in [0.2, 0.25) is 0 Å². The normalized spacial score (nSPS) is 36.1. The van der Waals surface area contributed by atoms with Crippen molar-refractivity contribution in [3.8, 4) is 0 Å². The average molecular weight is 294 g/mol. The molecular formula is C12H22O6S. The van der Waals surface area contributed by atoms with Crippen LogP contribution in [-0.4, -0.2) is 59.8 Å². The molecule has 0 bridgehead atoms. The van der Waals surface area contributed by atoms with Crippen molar-refractivity contribution in [3.05, 3.63) is 0 Å². The second-order valence-corrected chi connectivity index (χ2v) is 6.13. The van der Waals surface area contributed by atoms with Crippen molar-refractivity contribution in [2.45, 2.75) is 50.6 Å². The van der Waals surface area contributed by atoms with Crippen LogP contribution in [0.5, 0.6) is 0 Å². The molecule has 2 N–H and O–H groups in total. The van der Waals surface area contributed by atoms with Crippen LogP contribution in [-0.2, 0) is 19.0 Å². The lowest BCUT2D eigenvalue weighted by atomic mass is 9.96. The Kier molecular flexibility index (Phi) is 5.64. The number of hydrogen-bond acceptors (Lipinski definition) is 7. The first-order chi connectivity index (χ1) is 8.68. The number of carbonyl (C=O) groups is 1. The Bertz CT molecular complexity index is 316. The van der Waals surface area contributed by atoms with Gasteiger partial charge in [0, 0.05) is 7.11 Å². The van der Waals surface area contributed by atoms with Crippen molar-refractivity contribution < 1.29 is 29.2 Å². The summed E-state index contributed by atoms with van der Waals surface area (Å²) in [5.74, 6) is -0.489. The molecule has 5 atom stereocenters. The number of ether oxygens (including phenoxy) is 3. The smallest absolute Gasteiger partial charge is 0.311 e. The van der Waals surface area contributed by atoms with Gasteiger partial charge in [0.1, 0.15) is 23.7 Å². The van der Waals surface area contributed by atoms with Crippen molar-refractivity contribution in [2.24, 2.45) is 5.41 Å². The zero-order valence-corrected chi connectivity index (χ0v) is 12.5.